The maximum Gasteiger partial charge on any atom is 0.122 e. The van der Waals surface area contributed by atoms with Crippen LogP contribution in [0.4, 0.5) is 0 Å². The molecule has 0 N–H and O–H groups in total. The molecule has 0 saturated carbocycles. The van der Waals surface area contributed by atoms with Crippen molar-refractivity contribution in [3.05, 3.63) is 29.3 Å². The van der Waals surface area contributed by atoms with Crippen LogP contribution in [0.2, 0.25) is 0 Å². The molecule has 1 nitrogen and oxygen atoms in total. The van der Waals surface area contributed by atoms with Crippen molar-refractivity contribution in [3.8, 4) is 5.75 Å². The maximum absolute atomic E-state index is 5.52. The summed E-state index contributed by atoms with van der Waals surface area (Å²) in [5.74, 6) is 1.08. The lowest BCUT2D eigenvalue weighted by atomic mass is 9.88. The van der Waals surface area contributed by atoms with E-state index in [0.717, 1.165) is 25.2 Å². The largest absolute Gasteiger partial charge is 0.493 e. The molecule has 2 heteroatoms. The van der Waals surface area contributed by atoms with Crippen LogP contribution in [0.3, 0.4) is 0 Å². The lowest BCUT2D eigenvalue weighted by Crippen LogP contribution is -2.20. The number of hydrogen-bond acceptors (Lipinski definition) is 1. The van der Waals surface area contributed by atoms with Crippen LogP contribution in [0, 0.1) is 5.41 Å². The van der Waals surface area contributed by atoms with Gasteiger partial charge in [-0.1, -0.05) is 48.8 Å². The van der Waals surface area contributed by atoms with Gasteiger partial charge in [0.1, 0.15) is 5.75 Å². The summed E-state index contributed by atoms with van der Waals surface area (Å²) in [7, 11) is 0. The monoisotopic (exact) mass is 296 g/mol. The summed E-state index contributed by atoms with van der Waals surface area (Å²) in [6.07, 6.45) is 3.39. The molecule has 0 spiro atoms. The SMILES string of the molecule is CC(C)(C)C(Br)CCc1ccc2c(c1)CCO2. The summed E-state index contributed by atoms with van der Waals surface area (Å²) >= 11 is 3.79. The third kappa shape index (κ3) is 3.25. The molecule has 94 valence electrons. The number of ether oxygens (including phenoxy) is 1. The van der Waals surface area contributed by atoms with Crippen molar-refractivity contribution in [2.24, 2.45) is 5.41 Å². The highest BCUT2D eigenvalue weighted by molar-refractivity contribution is 9.09. The standard InChI is InChI=1S/C15H21BrO/c1-15(2,3)14(16)7-5-11-4-6-13-12(10-11)8-9-17-13/h4,6,10,14H,5,7-9H2,1-3H3. The van der Waals surface area contributed by atoms with Gasteiger partial charge in [0, 0.05) is 11.2 Å². The Balaban J connectivity index is 1.96. The first-order valence-corrected chi connectivity index (χ1v) is 7.27. The van der Waals surface area contributed by atoms with Crippen LogP contribution < -0.4 is 4.74 Å². The Hall–Kier alpha value is -0.500. The highest BCUT2D eigenvalue weighted by Crippen LogP contribution is 2.31. The normalized spacial score (nSPS) is 16.5. The Labute approximate surface area is 113 Å². The number of benzene rings is 1. The van der Waals surface area contributed by atoms with Crippen LogP contribution in [0.15, 0.2) is 18.2 Å². The third-order valence-corrected chi connectivity index (χ3v) is 5.21. The minimum atomic E-state index is 0.333. The van der Waals surface area contributed by atoms with E-state index in [1.54, 1.807) is 0 Å². The van der Waals surface area contributed by atoms with Crippen LogP contribution in [0.1, 0.15) is 38.3 Å². The fourth-order valence-electron chi connectivity index (χ4n) is 2.12. The zero-order valence-corrected chi connectivity index (χ0v) is 12.5. The van der Waals surface area contributed by atoms with Crippen molar-refractivity contribution >= 4 is 15.9 Å². The summed E-state index contributed by atoms with van der Waals surface area (Å²) in [6, 6.07) is 6.63. The molecule has 1 aliphatic heterocycles. The first kappa shape index (κ1) is 12.9. The highest BCUT2D eigenvalue weighted by atomic mass is 79.9. The molecule has 2 rings (SSSR count). The quantitative estimate of drug-likeness (QED) is 0.753. The lowest BCUT2D eigenvalue weighted by Gasteiger charge is -2.25. The molecule has 1 unspecified atom stereocenters. The smallest absolute Gasteiger partial charge is 0.122 e. The Bertz CT molecular complexity index is 392. The van der Waals surface area contributed by atoms with E-state index in [1.165, 1.54) is 17.5 Å². The predicted molar refractivity (Wildman–Crippen MR) is 76.1 cm³/mol. The van der Waals surface area contributed by atoms with E-state index in [-0.39, 0.29) is 0 Å². The van der Waals surface area contributed by atoms with Crippen LogP contribution in [-0.4, -0.2) is 11.4 Å². The zero-order chi connectivity index (χ0) is 12.5. The second-order valence-electron chi connectivity index (χ2n) is 5.91. The summed E-state index contributed by atoms with van der Waals surface area (Å²) in [6.45, 7) is 7.69. The van der Waals surface area contributed by atoms with Crippen LogP contribution in [0.5, 0.6) is 5.75 Å². The van der Waals surface area contributed by atoms with Gasteiger partial charge < -0.3 is 4.74 Å². The predicted octanol–water partition coefficient (Wildman–Crippen LogP) is 4.36. The van der Waals surface area contributed by atoms with Gasteiger partial charge in [0.2, 0.25) is 0 Å². The molecule has 1 atom stereocenters. The van der Waals surface area contributed by atoms with Crippen molar-refractivity contribution < 1.29 is 4.74 Å². The molecule has 1 heterocycles. The molecule has 0 bridgehead atoms. The van der Waals surface area contributed by atoms with Gasteiger partial charge in [-0.3, -0.25) is 0 Å². The van der Waals surface area contributed by atoms with Crippen LogP contribution >= 0.6 is 15.9 Å². The Morgan fingerprint density at radius 3 is 2.82 bits per heavy atom. The van der Waals surface area contributed by atoms with Crippen LogP contribution in [-0.2, 0) is 12.8 Å². The molecule has 1 aromatic carbocycles. The average molecular weight is 297 g/mol. The molecular formula is C15H21BrO. The molecule has 0 radical (unpaired) electrons. The molecule has 17 heavy (non-hydrogen) atoms. The van der Waals surface area contributed by atoms with Gasteiger partial charge in [-0.05, 0) is 35.4 Å². The van der Waals surface area contributed by atoms with E-state index in [0.29, 0.717) is 10.2 Å². The van der Waals surface area contributed by atoms with Gasteiger partial charge >= 0.3 is 0 Å². The summed E-state index contributed by atoms with van der Waals surface area (Å²) in [5.41, 5.74) is 3.15. The molecule has 0 amide bonds. The lowest BCUT2D eigenvalue weighted by molar-refractivity contribution is 0.356. The molecule has 0 aliphatic carbocycles. The van der Waals surface area contributed by atoms with Crippen molar-refractivity contribution in [1.82, 2.24) is 0 Å². The second kappa shape index (κ2) is 5.01. The topological polar surface area (TPSA) is 9.23 Å². The van der Waals surface area contributed by atoms with Gasteiger partial charge in [0.25, 0.3) is 0 Å². The minimum Gasteiger partial charge on any atom is -0.493 e. The number of alkyl halides is 1. The first-order valence-electron chi connectivity index (χ1n) is 6.35. The molecule has 0 saturated heterocycles. The Kier molecular flexibility index (Phi) is 3.82. The number of aryl methyl sites for hydroxylation is 1. The van der Waals surface area contributed by atoms with E-state index >= 15 is 0 Å². The number of hydrogen-bond donors (Lipinski definition) is 0. The summed E-state index contributed by atoms with van der Waals surface area (Å²) in [5, 5.41) is 0. The van der Waals surface area contributed by atoms with E-state index in [1.807, 2.05) is 0 Å². The van der Waals surface area contributed by atoms with Gasteiger partial charge in [-0.15, -0.1) is 0 Å². The fraction of sp³-hybridized carbons (Fsp3) is 0.600. The van der Waals surface area contributed by atoms with Gasteiger partial charge in [0.05, 0.1) is 6.61 Å². The molecule has 0 aromatic heterocycles. The van der Waals surface area contributed by atoms with Crippen molar-refractivity contribution in [3.63, 3.8) is 0 Å². The van der Waals surface area contributed by atoms with Gasteiger partial charge in [0.15, 0.2) is 0 Å². The average Bonchev–Trinajstić information content (AvgIpc) is 2.71. The van der Waals surface area contributed by atoms with Crippen LogP contribution in [0.25, 0.3) is 0 Å². The Morgan fingerprint density at radius 1 is 1.35 bits per heavy atom. The number of rotatable bonds is 3. The highest BCUT2D eigenvalue weighted by Gasteiger charge is 2.21. The van der Waals surface area contributed by atoms with Crippen molar-refractivity contribution in [2.45, 2.75) is 44.9 Å². The molecular weight excluding hydrogens is 276 g/mol. The molecule has 1 aliphatic rings. The molecule has 1 aromatic rings. The van der Waals surface area contributed by atoms with Crippen molar-refractivity contribution in [1.29, 1.82) is 0 Å². The van der Waals surface area contributed by atoms with E-state index in [4.69, 9.17) is 4.74 Å². The van der Waals surface area contributed by atoms with Crippen molar-refractivity contribution in [2.75, 3.05) is 6.61 Å². The third-order valence-electron chi connectivity index (χ3n) is 3.38. The van der Waals surface area contributed by atoms with Gasteiger partial charge in [-0.25, -0.2) is 0 Å². The fourth-order valence-corrected chi connectivity index (χ4v) is 2.35. The van der Waals surface area contributed by atoms with E-state index < -0.39 is 0 Å². The summed E-state index contributed by atoms with van der Waals surface area (Å²) in [4.78, 5) is 0.569. The van der Waals surface area contributed by atoms with Gasteiger partial charge in [-0.2, -0.15) is 0 Å². The Morgan fingerprint density at radius 2 is 2.12 bits per heavy atom. The molecule has 0 fully saturated rings. The first-order chi connectivity index (χ1) is 7.97. The zero-order valence-electron chi connectivity index (χ0n) is 10.9. The second-order valence-corrected chi connectivity index (χ2v) is 7.02. The van der Waals surface area contributed by atoms with E-state index in [2.05, 4.69) is 54.9 Å². The van der Waals surface area contributed by atoms with E-state index in [9.17, 15) is 0 Å². The maximum atomic E-state index is 5.52. The number of halogens is 1. The summed E-state index contributed by atoms with van der Waals surface area (Å²) < 4.78 is 5.52. The number of fused-ring (bicyclic) bond motifs is 1. The minimum absolute atomic E-state index is 0.333.